The quantitative estimate of drug-likeness (QED) is 0.0792. The Kier molecular flexibility index (Phi) is 10.6. The Labute approximate surface area is 304 Å². The number of carbonyl (C=O) groups excluding carboxylic acids is 2. The number of ether oxygens (including phenoxy) is 1. The average molecular weight is 700 g/mol. The summed E-state index contributed by atoms with van der Waals surface area (Å²) in [5.41, 5.74) is 6.79. The van der Waals surface area contributed by atoms with Crippen LogP contribution in [0, 0.1) is 12.8 Å². The number of likely N-dealkylation sites (tertiary alicyclic amines) is 1. The van der Waals surface area contributed by atoms with Crippen molar-refractivity contribution in [3.05, 3.63) is 113 Å². The van der Waals surface area contributed by atoms with Crippen molar-refractivity contribution in [3.63, 3.8) is 0 Å². The maximum absolute atomic E-state index is 13.6. The number of rotatable bonds is 12. The molecule has 262 valence electrons. The van der Waals surface area contributed by atoms with Crippen molar-refractivity contribution in [2.24, 2.45) is 5.92 Å². The molecule has 0 atom stereocenters. The first-order valence-electron chi connectivity index (χ1n) is 18.0. The summed E-state index contributed by atoms with van der Waals surface area (Å²) in [6.07, 6.45) is 7.44. The first-order chi connectivity index (χ1) is 24.9. The molecule has 1 saturated heterocycles. The molecule has 3 aromatic carbocycles. The molecule has 2 aliphatic heterocycles. The van der Waals surface area contributed by atoms with Gasteiger partial charge >= 0.3 is 0 Å². The van der Waals surface area contributed by atoms with Crippen LogP contribution in [0.15, 0.2) is 85.5 Å². The number of benzene rings is 3. The first kappa shape index (κ1) is 34.6. The van der Waals surface area contributed by atoms with Gasteiger partial charge in [-0.25, -0.2) is 9.97 Å². The second kappa shape index (κ2) is 15.6. The maximum Gasteiger partial charge on any atom is 0.257 e. The number of pyridine rings is 1. The van der Waals surface area contributed by atoms with E-state index in [2.05, 4.69) is 39.7 Å². The van der Waals surface area contributed by atoms with Crippen LogP contribution < -0.4 is 15.0 Å². The molecule has 1 N–H and O–H groups in total. The number of ketones is 1. The highest BCUT2D eigenvalue weighted by atomic mass is 32.1. The summed E-state index contributed by atoms with van der Waals surface area (Å²) in [4.78, 5) is 40.8. The van der Waals surface area contributed by atoms with Gasteiger partial charge in [0, 0.05) is 37.7 Å². The number of para-hydroxylation sites is 1. The van der Waals surface area contributed by atoms with Gasteiger partial charge in [0.05, 0.1) is 16.8 Å². The predicted octanol–water partition coefficient (Wildman–Crippen LogP) is 8.74. The third-order valence-corrected chi connectivity index (χ3v) is 11.2. The van der Waals surface area contributed by atoms with Crippen LogP contribution in [-0.4, -0.2) is 59.3 Å². The van der Waals surface area contributed by atoms with E-state index in [9.17, 15) is 9.59 Å². The van der Waals surface area contributed by atoms with Gasteiger partial charge in [0.15, 0.2) is 10.9 Å². The van der Waals surface area contributed by atoms with E-state index in [4.69, 9.17) is 9.72 Å². The highest BCUT2D eigenvalue weighted by Crippen LogP contribution is 2.35. The van der Waals surface area contributed by atoms with Gasteiger partial charge in [0.1, 0.15) is 17.3 Å². The van der Waals surface area contributed by atoms with Crippen LogP contribution >= 0.6 is 11.3 Å². The fraction of sp³-hybridized carbons (Fsp3) is 0.333. The van der Waals surface area contributed by atoms with Gasteiger partial charge in [-0.2, -0.15) is 0 Å². The summed E-state index contributed by atoms with van der Waals surface area (Å²) in [5, 5.41) is 3.60. The number of hydrogen-bond acceptors (Lipinski definition) is 8. The number of nitrogens with zero attached hydrogens (tertiary/aromatic N) is 4. The molecule has 1 fully saturated rings. The van der Waals surface area contributed by atoms with Crippen LogP contribution in [0.25, 0.3) is 21.3 Å². The Morgan fingerprint density at radius 2 is 1.80 bits per heavy atom. The molecule has 1 amide bonds. The maximum atomic E-state index is 13.6. The normalized spacial score (nSPS) is 15.1. The number of carbonyl (C=O) groups is 2. The molecule has 0 saturated carbocycles. The SMILES string of the molecule is C=CCN1CCC(CCCOc2cccc(-c3ccc(N4CCc5cccc(C(=O)Nc6nc7ccccc7s6)c5C4)nc3C(C)=O)c2C)CC1. The number of thiazole rings is 1. The molecule has 51 heavy (non-hydrogen) atoms. The van der Waals surface area contributed by atoms with Crippen LogP contribution in [0.3, 0.4) is 0 Å². The van der Waals surface area contributed by atoms with Gasteiger partial charge < -0.3 is 9.64 Å². The zero-order valence-corrected chi connectivity index (χ0v) is 30.3. The first-order valence-corrected chi connectivity index (χ1v) is 18.8. The predicted molar refractivity (Wildman–Crippen MR) is 207 cm³/mol. The summed E-state index contributed by atoms with van der Waals surface area (Å²) in [7, 11) is 0. The van der Waals surface area contributed by atoms with Crippen molar-refractivity contribution < 1.29 is 14.3 Å². The Bertz CT molecular complexity index is 2030. The lowest BCUT2D eigenvalue weighted by Crippen LogP contribution is -2.33. The molecule has 5 aromatic rings. The number of aromatic nitrogens is 2. The van der Waals surface area contributed by atoms with E-state index in [1.54, 1.807) is 6.92 Å². The minimum atomic E-state index is -0.178. The van der Waals surface area contributed by atoms with Crippen molar-refractivity contribution in [2.75, 3.05) is 43.0 Å². The Morgan fingerprint density at radius 1 is 0.980 bits per heavy atom. The van der Waals surface area contributed by atoms with Crippen LogP contribution in [-0.2, 0) is 13.0 Å². The molecule has 0 bridgehead atoms. The molecule has 7 rings (SSSR count). The van der Waals surface area contributed by atoms with Crippen molar-refractivity contribution in [1.29, 1.82) is 0 Å². The number of anilines is 2. The topological polar surface area (TPSA) is 87.7 Å². The zero-order chi connectivity index (χ0) is 35.3. The van der Waals surface area contributed by atoms with Crippen LogP contribution in [0.2, 0.25) is 0 Å². The summed E-state index contributed by atoms with van der Waals surface area (Å²) >= 11 is 1.46. The molecule has 9 heteroatoms. The second-order valence-electron chi connectivity index (χ2n) is 13.6. The van der Waals surface area contributed by atoms with Gasteiger partial charge in [-0.05, 0) is 117 Å². The number of nitrogens with one attached hydrogen (secondary N) is 1. The van der Waals surface area contributed by atoms with Gasteiger partial charge in [-0.3, -0.25) is 19.8 Å². The second-order valence-corrected chi connectivity index (χ2v) is 14.7. The van der Waals surface area contributed by atoms with E-state index in [1.807, 2.05) is 72.8 Å². The lowest BCUT2D eigenvalue weighted by Gasteiger charge is -2.31. The molecule has 2 aromatic heterocycles. The molecule has 2 aliphatic rings. The molecule has 4 heterocycles. The fourth-order valence-corrected chi connectivity index (χ4v) is 8.31. The lowest BCUT2D eigenvalue weighted by molar-refractivity contribution is 0.101. The summed E-state index contributed by atoms with van der Waals surface area (Å²) in [5.74, 6) is 2.05. The number of fused-ring (bicyclic) bond motifs is 2. The van der Waals surface area contributed by atoms with Crippen molar-refractivity contribution in [3.8, 4) is 16.9 Å². The van der Waals surface area contributed by atoms with Gasteiger partial charge in [0.2, 0.25) is 0 Å². The van der Waals surface area contributed by atoms with Gasteiger partial charge in [-0.15, -0.1) is 6.58 Å². The van der Waals surface area contributed by atoms with E-state index in [0.29, 0.717) is 29.5 Å². The minimum Gasteiger partial charge on any atom is -0.493 e. The Balaban J connectivity index is 1.04. The molecular formula is C42H45N5O3S. The van der Waals surface area contributed by atoms with Crippen LogP contribution in [0.1, 0.15) is 70.1 Å². The largest absolute Gasteiger partial charge is 0.493 e. The summed E-state index contributed by atoms with van der Waals surface area (Å²) < 4.78 is 7.34. The average Bonchev–Trinajstić information content (AvgIpc) is 3.56. The van der Waals surface area contributed by atoms with Crippen molar-refractivity contribution in [1.82, 2.24) is 14.9 Å². The molecule has 0 radical (unpaired) electrons. The van der Waals surface area contributed by atoms with E-state index in [1.165, 1.54) is 30.6 Å². The number of amides is 1. The molecule has 0 unspecified atom stereocenters. The smallest absolute Gasteiger partial charge is 0.257 e. The Morgan fingerprint density at radius 3 is 2.61 bits per heavy atom. The highest BCUT2D eigenvalue weighted by molar-refractivity contribution is 7.22. The van der Waals surface area contributed by atoms with Crippen molar-refractivity contribution in [2.45, 2.75) is 52.5 Å². The zero-order valence-electron chi connectivity index (χ0n) is 29.5. The Hall–Kier alpha value is -4.86. The lowest BCUT2D eigenvalue weighted by atomic mass is 9.92. The van der Waals surface area contributed by atoms with E-state index >= 15 is 0 Å². The molecule has 0 aliphatic carbocycles. The van der Waals surface area contributed by atoms with E-state index < -0.39 is 0 Å². The fourth-order valence-electron chi connectivity index (χ4n) is 7.45. The molecule has 8 nitrogen and oxygen atoms in total. The molecule has 0 spiro atoms. The third-order valence-electron chi connectivity index (χ3n) is 10.3. The van der Waals surface area contributed by atoms with E-state index in [-0.39, 0.29) is 11.7 Å². The minimum absolute atomic E-state index is 0.0926. The van der Waals surface area contributed by atoms with Crippen LogP contribution in [0.4, 0.5) is 10.9 Å². The monoisotopic (exact) mass is 699 g/mol. The number of hydrogen-bond donors (Lipinski definition) is 1. The van der Waals surface area contributed by atoms with Crippen molar-refractivity contribution >= 4 is 44.2 Å². The van der Waals surface area contributed by atoms with Crippen LogP contribution in [0.5, 0.6) is 5.75 Å². The summed E-state index contributed by atoms with van der Waals surface area (Å²) in [6.45, 7) is 12.7. The van der Waals surface area contributed by atoms with Gasteiger partial charge in [-0.1, -0.05) is 53.8 Å². The standard InChI is InChI=1S/C42H45N5O3S/c1-4-22-46-23-19-30(20-24-46)10-9-26-50-37-15-8-12-32(28(37)2)33-17-18-39(44-40(33)29(3)48)47-25-21-31-11-7-13-34(35(31)27-47)41(49)45-42-43-36-14-5-6-16-38(36)51-42/h4-8,11-18,30H,1,9-10,19-27H2,2-3H3,(H,43,45,49). The third kappa shape index (κ3) is 7.75. The highest BCUT2D eigenvalue weighted by Gasteiger charge is 2.25. The number of piperidine rings is 1. The van der Waals surface area contributed by atoms with E-state index in [0.717, 1.165) is 94.5 Å². The van der Waals surface area contributed by atoms with Gasteiger partial charge in [0.25, 0.3) is 5.91 Å². The number of Topliss-reactive ketones (excluding diaryl/α,β-unsaturated/α-hetero) is 1. The molecular weight excluding hydrogens is 655 g/mol. The summed E-state index contributed by atoms with van der Waals surface area (Å²) in [6, 6.07) is 23.8.